The molecule has 0 atom stereocenters. The number of rotatable bonds is 6. The number of fused-ring (bicyclic) bond motifs is 2. The van der Waals surface area contributed by atoms with Gasteiger partial charge in [0.2, 0.25) is 11.9 Å². The highest BCUT2D eigenvalue weighted by Crippen LogP contribution is 2.32. The SMILES string of the molecule is Cc1nc2c(F)cc(-c3nc(Nc4ncc(F)c(-c5cc(F)c6nc(C)n(C(C)C)c6c5)n4)ncc3F)cc2n1C(C)C. The van der Waals surface area contributed by atoms with E-state index in [0.29, 0.717) is 22.7 Å². The second-order valence-electron chi connectivity index (χ2n) is 10.8. The Hall–Kier alpha value is -4.94. The highest BCUT2D eigenvalue weighted by Gasteiger charge is 2.21. The summed E-state index contributed by atoms with van der Waals surface area (Å²) in [5.41, 5.74) is 1.37. The van der Waals surface area contributed by atoms with Gasteiger partial charge in [-0.3, -0.25) is 5.32 Å². The Morgan fingerprint density at radius 2 is 0.977 bits per heavy atom. The van der Waals surface area contributed by atoms with Gasteiger partial charge in [-0.2, -0.15) is 0 Å². The summed E-state index contributed by atoms with van der Waals surface area (Å²) in [6.07, 6.45) is 1.86. The minimum absolute atomic E-state index is 0.0129. The topological polar surface area (TPSA) is 99.2 Å². The third kappa shape index (κ3) is 4.84. The van der Waals surface area contributed by atoms with Crippen LogP contribution in [0.15, 0.2) is 36.7 Å². The van der Waals surface area contributed by atoms with Crippen molar-refractivity contribution in [3.8, 4) is 22.5 Å². The van der Waals surface area contributed by atoms with Gasteiger partial charge >= 0.3 is 0 Å². The van der Waals surface area contributed by atoms with Gasteiger partial charge in [0.1, 0.15) is 34.1 Å². The quantitative estimate of drug-likeness (QED) is 0.202. The number of imidazole rings is 2. The first kappa shape index (κ1) is 28.2. The molecule has 2 aromatic carbocycles. The normalized spacial score (nSPS) is 11.9. The molecule has 13 heteroatoms. The van der Waals surface area contributed by atoms with Crippen molar-refractivity contribution in [3.63, 3.8) is 0 Å². The van der Waals surface area contributed by atoms with Crippen LogP contribution in [0.1, 0.15) is 51.4 Å². The Labute approximate surface area is 243 Å². The first-order valence-corrected chi connectivity index (χ1v) is 13.6. The van der Waals surface area contributed by atoms with Crippen LogP contribution in [0.5, 0.6) is 0 Å². The predicted octanol–water partition coefficient (Wildman–Crippen LogP) is 7.38. The molecule has 0 aliphatic carbocycles. The van der Waals surface area contributed by atoms with Gasteiger partial charge in [0, 0.05) is 23.2 Å². The summed E-state index contributed by atoms with van der Waals surface area (Å²) in [5.74, 6) is -1.77. The monoisotopic (exact) mass is 589 g/mol. The van der Waals surface area contributed by atoms with Crippen LogP contribution in [0, 0.1) is 37.1 Å². The van der Waals surface area contributed by atoms with Crippen LogP contribution in [0.4, 0.5) is 29.5 Å². The van der Waals surface area contributed by atoms with Gasteiger partial charge in [-0.25, -0.2) is 47.5 Å². The number of nitrogens with zero attached hydrogens (tertiary/aromatic N) is 8. The van der Waals surface area contributed by atoms with Gasteiger partial charge in [-0.15, -0.1) is 0 Å². The lowest BCUT2D eigenvalue weighted by Gasteiger charge is -2.12. The number of anilines is 2. The molecule has 0 fully saturated rings. The average Bonchev–Trinajstić information content (AvgIpc) is 3.47. The zero-order chi connectivity index (χ0) is 30.7. The Kier molecular flexibility index (Phi) is 6.82. The lowest BCUT2D eigenvalue weighted by Crippen LogP contribution is -2.06. The lowest BCUT2D eigenvalue weighted by atomic mass is 10.1. The molecule has 6 aromatic rings. The van der Waals surface area contributed by atoms with Crippen molar-refractivity contribution in [1.29, 1.82) is 0 Å². The van der Waals surface area contributed by atoms with Gasteiger partial charge in [0.05, 0.1) is 23.4 Å². The van der Waals surface area contributed by atoms with E-state index in [0.717, 1.165) is 24.5 Å². The molecule has 4 heterocycles. The van der Waals surface area contributed by atoms with Crippen LogP contribution in [-0.2, 0) is 0 Å². The van der Waals surface area contributed by atoms with E-state index in [1.54, 1.807) is 26.0 Å². The van der Waals surface area contributed by atoms with E-state index in [4.69, 9.17) is 0 Å². The van der Waals surface area contributed by atoms with Crippen molar-refractivity contribution in [1.82, 2.24) is 39.0 Å². The Morgan fingerprint density at radius 1 is 0.581 bits per heavy atom. The molecule has 0 saturated heterocycles. The molecular weight excluding hydrogens is 562 g/mol. The summed E-state index contributed by atoms with van der Waals surface area (Å²) in [6.45, 7) is 11.3. The molecule has 0 bridgehead atoms. The Balaban J connectivity index is 1.39. The molecular formula is C30H27F4N9. The van der Waals surface area contributed by atoms with Crippen molar-refractivity contribution in [2.24, 2.45) is 0 Å². The second kappa shape index (κ2) is 10.4. The van der Waals surface area contributed by atoms with Crippen LogP contribution in [0.25, 0.3) is 44.6 Å². The molecule has 1 N–H and O–H groups in total. The summed E-state index contributed by atoms with van der Waals surface area (Å²) in [4.78, 5) is 25.0. The minimum atomic E-state index is -0.779. The van der Waals surface area contributed by atoms with Gasteiger partial charge in [0.15, 0.2) is 23.3 Å². The third-order valence-corrected chi connectivity index (χ3v) is 7.14. The van der Waals surface area contributed by atoms with E-state index in [1.807, 2.05) is 36.8 Å². The highest BCUT2D eigenvalue weighted by atomic mass is 19.1. The molecule has 0 unspecified atom stereocenters. The molecule has 220 valence electrons. The summed E-state index contributed by atoms with van der Waals surface area (Å²) < 4.78 is 63.8. The minimum Gasteiger partial charge on any atom is -0.326 e. The van der Waals surface area contributed by atoms with Crippen LogP contribution in [0.3, 0.4) is 0 Å². The van der Waals surface area contributed by atoms with Gasteiger partial charge < -0.3 is 9.13 Å². The molecule has 0 radical (unpaired) electrons. The summed E-state index contributed by atoms with van der Waals surface area (Å²) >= 11 is 0. The van der Waals surface area contributed by atoms with E-state index in [9.17, 15) is 8.78 Å². The smallest absolute Gasteiger partial charge is 0.230 e. The highest BCUT2D eigenvalue weighted by molar-refractivity contribution is 5.84. The maximum Gasteiger partial charge on any atom is 0.230 e. The van der Waals surface area contributed by atoms with Crippen LogP contribution >= 0.6 is 0 Å². The number of hydrogen-bond donors (Lipinski definition) is 1. The molecule has 0 aliphatic heterocycles. The Bertz CT molecular complexity index is 1900. The fourth-order valence-corrected chi connectivity index (χ4v) is 5.47. The standard InChI is InChI=1S/C30H27F4N9/c1-13(2)42-15(5)37-27-19(31)7-17(9-23(27)42)25-21(33)11-35-29(39-25)41-30-36-12-22(34)26(40-30)18-8-20(32)28-24(10-18)43(14(3)4)16(6)38-28/h7-14H,1-6H3,(H,35,36,39,40,41). The molecule has 43 heavy (non-hydrogen) atoms. The molecule has 0 amide bonds. The van der Waals surface area contributed by atoms with Crippen LogP contribution in [0.2, 0.25) is 0 Å². The maximum atomic E-state index is 15.1. The molecule has 0 aliphatic rings. The summed E-state index contributed by atoms with van der Waals surface area (Å²) in [7, 11) is 0. The van der Waals surface area contributed by atoms with Crippen molar-refractivity contribution in [3.05, 3.63) is 71.6 Å². The van der Waals surface area contributed by atoms with E-state index in [2.05, 4.69) is 35.2 Å². The van der Waals surface area contributed by atoms with Gasteiger partial charge in [-0.1, -0.05) is 0 Å². The molecule has 0 spiro atoms. The van der Waals surface area contributed by atoms with E-state index in [-0.39, 0.29) is 57.5 Å². The average molecular weight is 590 g/mol. The molecule has 9 nitrogen and oxygen atoms in total. The van der Waals surface area contributed by atoms with E-state index in [1.165, 1.54) is 0 Å². The summed E-state index contributed by atoms with van der Waals surface area (Å²) in [6, 6.07) is 5.54. The first-order valence-electron chi connectivity index (χ1n) is 13.6. The number of aryl methyl sites for hydroxylation is 2. The lowest BCUT2D eigenvalue weighted by molar-refractivity contribution is 0.599. The van der Waals surface area contributed by atoms with Crippen LogP contribution in [-0.4, -0.2) is 39.0 Å². The number of hydrogen-bond acceptors (Lipinski definition) is 7. The van der Waals surface area contributed by atoms with Gasteiger partial charge in [-0.05, 0) is 65.8 Å². The maximum absolute atomic E-state index is 15.1. The van der Waals surface area contributed by atoms with E-state index < -0.39 is 23.3 Å². The summed E-state index contributed by atoms with van der Waals surface area (Å²) in [5, 5.41) is 2.75. The fraction of sp³-hybridized carbons (Fsp3) is 0.267. The second-order valence-corrected chi connectivity index (χ2v) is 10.8. The van der Waals surface area contributed by atoms with Crippen molar-refractivity contribution in [2.45, 2.75) is 53.6 Å². The number of aromatic nitrogens is 8. The third-order valence-electron chi connectivity index (χ3n) is 7.14. The molecule has 0 saturated carbocycles. The van der Waals surface area contributed by atoms with Crippen molar-refractivity contribution in [2.75, 3.05) is 5.32 Å². The Morgan fingerprint density at radius 3 is 1.35 bits per heavy atom. The molecule has 4 aromatic heterocycles. The zero-order valence-electron chi connectivity index (χ0n) is 24.2. The zero-order valence-corrected chi connectivity index (χ0v) is 24.2. The fourth-order valence-electron chi connectivity index (χ4n) is 5.47. The van der Waals surface area contributed by atoms with Crippen molar-refractivity contribution < 1.29 is 17.6 Å². The number of halogens is 4. The first-order chi connectivity index (χ1) is 20.4. The number of benzene rings is 2. The largest absolute Gasteiger partial charge is 0.326 e. The van der Waals surface area contributed by atoms with Crippen molar-refractivity contribution >= 4 is 34.0 Å². The van der Waals surface area contributed by atoms with E-state index >= 15 is 8.78 Å². The van der Waals surface area contributed by atoms with Gasteiger partial charge in [0.25, 0.3) is 0 Å². The predicted molar refractivity (Wildman–Crippen MR) is 155 cm³/mol. The molecule has 6 rings (SSSR count). The number of nitrogens with one attached hydrogen (secondary N) is 1. The van der Waals surface area contributed by atoms with Crippen LogP contribution < -0.4 is 5.32 Å².